The number of aromatic amines is 1. The van der Waals surface area contributed by atoms with Gasteiger partial charge in [0.15, 0.2) is 11.5 Å². The molecular weight excluding hydrogens is 297 g/mol. The van der Waals surface area contributed by atoms with Crippen molar-refractivity contribution >= 4 is 22.6 Å². The summed E-state index contributed by atoms with van der Waals surface area (Å²) in [5, 5.41) is -0.260. The minimum absolute atomic E-state index is 0.0233. The van der Waals surface area contributed by atoms with Gasteiger partial charge in [-0.2, -0.15) is 22.0 Å². The van der Waals surface area contributed by atoms with E-state index in [1.54, 1.807) is 0 Å². The van der Waals surface area contributed by atoms with Crippen LogP contribution in [0.5, 0.6) is 0 Å². The summed E-state index contributed by atoms with van der Waals surface area (Å²) < 4.78 is 62.6. The fourth-order valence-electron chi connectivity index (χ4n) is 1.28. The van der Waals surface area contributed by atoms with E-state index in [2.05, 4.69) is 9.97 Å². The molecule has 10 heteroatoms. The van der Waals surface area contributed by atoms with E-state index in [-0.39, 0.29) is 10.4 Å². The average molecular weight is 300 g/mol. The number of aromatic nitrogens is 3. The second kappa shape index (κ2) is 4.12. The third-order valence-electron chi connectivity index (χ3n) is 2.18. The third kappa shape index (κ3) is 2.25. The van der Waals surface area contributed by atoms with Gasteiger partial charge in [0, 0.05) is 6.20 Å². The van der Waals surface area contributed by atoms with Crippen molar-refractivity contribution in [3.05, 3.63) is 33.5 Å². The maximum Gasteiger partial charge on any atom is 0.461 e. The number of hydrogen-bond acceptors (Lipinski definition) is 3. The molecule has 0 amide bonds. The fourth-order valence-corrected chi connectivity index (χ4v) is 1.44. The van der Waals surface area contributed by atoms with Gasteiger partial charge >= 0.3 is 12.1 Å². The van der Waals surface area contributed by atoms with E-state index in [9.17, 15) is 26.7 Å². The maximum atomic E-state index is 13.0. The summed E-state index contributed by atoms with van der Waals surface area (Å²) in [6, 6.07) is 1.06. The van der Waals surface area contributed by atoms with E-state index in [0.29, 0.717) is 0 Å². The first-order valence-corrected chi connectivity index (χ1v) is 5.01. The van der Waals surface area contributed by atoms with Crippen LogP contribution in [0.4, 0.5) is 22.0 Å². The number of nitrogens with one attached hydrogen (secondary N) is 1. The Morgan fingerprint density at radius 2 is 1.84 bits per heavy atom. The van der Waals surface area contributed by atoms with Crippen molar-refractivity contribution in [3.63, 3.8) is 0 Å². The van der Waals surface area contributed by atoms with Gasteiger partial charge in [-0.05, 0) is 6.07 Å². The molecule has 2 aromatic rings. The van der Waals surface area contributed by atoms with Crippen LogP contribution < -0.4 is 5.56 Å². The van der Waals surface area contributed by atoms with Crippen LogP contribution in [-0.4, -0.2) is 21.1 Å². The Morgan fingerprint density at radius 3 is 2.42 bits per heavy atom. The van der Waals surface area contributed by atoms with Crippen molar-refractivity contribution in [1.82, 2.24) is 15.0 Å². The molecule has 4 nitrogen and oxygen atoms in total. The van der Waals surface area contributed by atoms with E-state index in [0.717, 1.165) is 12.3 Å². The maximum absolute atomic E-state index is 13.0. The zero-order chi connectivity index (χ0) is 14.4. The van der Waals surface area contributed by atoms with Crippen LogP contribution in [0.1, 0.15) is 5.82 Å². The Hall–Kier alpha value is -1.77. The van der Waals surface area contributed by atoms with Crippen LogP contribution in [0, 0.1) is 0 Å². The monoisotopic (exact) mass is 299 g/mol. The molecule has 2 heterocycles. The Balaban J connectivity index is 2.72. The molecule has 0 saturated carbocycles. The Bertz CT molecular complexity index is 696. The van der Waals surface area contributed by atoms with Crippen LogP contribution in [0.15, 0.2) is 17.1 Å². The smallest absolute Gasteiger partial charge is 0.305 e. The standard InChI is InChI=1S/C9H3ClF5N3O/c10-3-1-4-5(16-2-3)17-7(18-6(4)19)8(11,12)9(13,14)15/h1-2H,(H,16,17,18,19). The number of H-pyrrole nitrogens is 1. The zero-order valence-electron chi connectivity index (χ0n) is 8.73. The summed E-state index contributed by atoms with van der Waals surface area (Å²) in [6.45, 7) is 0. The summed E-state index contributed by atoms with van der Waals surface area (Å²) in [7, 11) is 0. The molecule has 0 atom stereocenters. The van der Waals surface area contributed by atoms with Crippen LogP contribution in [0.2, 0.25) is 5.02 Å². The van der Waals surface area contributed by atoms with Gasteiger partial charge < -0.3 is 4.98 Å². The molecule has 0 radical (unpaired) electrons. The number of rotatable bonds is 1. The topological polar surface area (TPSA) is 58.6 Å². The predicted molar refractivity (Wildman–Crippen MR) is 55.1 cm³/mol. The first-order valence-electron chi connectivity index (χ1n) is 4.63. The van der Waals surface area contributed by atoms with Crippen LogP contribution in [-0.2, 0) is 5.92 Å². The molecule has 19 heavy (non-hydrogen) atoms. The molecule has 2 aromatic heterocycles. The first kappa shape index (κ1) is 13.7. The Morgan fingerprint density at radius 1 is 1.21 bits per heavy atom. The fraction of sp³-hybridized carbons (Fsp3) is 0.222. The Kier molecular flexibility index (Phi) is 2.96. The molecule has 0 fully saturated rings. The van der Waals surface area contributed by atoms with Gasteiger partial charge in [-0.25, -0.2) is 9.97 Å². The summed E-state index contributed by atoms with van der Waals surface area (Å²) in [4.78, 5) is 19.3. The molecule has 0 bridgehead atoms. The van der Waals surface area contributed by atoms with Crippen molar-refractivity contribution in [2.45, 2.75) is 12.1 Å². The summed E-state index contributed by atoms with van der Waals surface area (Å²) >= 11 is 5.52. The summed E-state index contributed by atoms with van der Waals surface area (Å²) in [6.07, 6.45) is -4.89. The molecular formula is C9H3ClF5N3O. The van der Waals surface area contributed by atoms with Crippen molar-refractivity contribution < 1.29 is 22.0 Å². The molecule has 1 N–H and O–H groups in total. The number of hydrogen-bond donors (Lipinski definition) is 1. The number of pyridine rings is 1. The average Bonchev–Trinajstić information content (AvgIpc) is 2.28. The zero-order valence-corrected chi connectivity index (χ0v) is 9.48. The van der Waals surface area contributed by atoms with E-state index in [4.69, 9.17) is 11.6 Å². The van der Waals surface area contributed by atoms with Crippen molar-refractivity contribution in [1.29, 1.82) is 0 Å². The van der Waals surface area contributed by atoms with Gasteiger partial charge in [-0.3, -0.25) is 4.79 Å². The molecule has 0 aliphatic rings. The number of halogens is 6. The van der Waals surface area contributed by atoms with Gasteiger partial charge in [-0.15, -0.1) is 0 Å². The number of nitrogens with zero attached hydrogens (tertiary/aromatic N) is 2. The minimum atomic E-state index is -5.87. The van der Waals surface area contributed by atoms with Crippen molar-refractivity contribution in [2.75, 3.05) is 0 Å². The molecule has 2 rings (SSSR count). The largest absolute Gasteiger partial charge is 0.461 e. The summed E-state index contributed by atoms with van der Waals surface area (Å²) in [5.41, 5.74) is -1.73. The van der Waals surface area contributed by atoms with Gasteiger partial charge in [0.1, 0.15) is 0 Å². The Labute approximate surface area is 106 Å². The summed E-state index contributed by atoms with van der Waals surface area (Å²) in [5.74, 6) is -7.09. The molecule has 102 valence electrons. The number of fused-ring (bicyclic) bond motifs is 1. The van der Waals surface area contributed by atoms with E-state index >= 15 is 0 Å². The highest BCUT2D eigenvalue weighted by Crippen LogP contribution is 2.42. The predicted octanol–water partition coefficient (Wildman–Crippen LogP) is 2.63. The van der Waals surface area contributed by atoms with Crippen molar-refractivity contribution in [2.24, 2.45) is 0 Å². The van der Waals surface area contributed by atoms with Gasteiger partial charge in [0.2, 0.25) is 0 Å². The minimum Gasteiger partial charge on any atom is -0.305 e. The highest BCUT2D eigenvalue weighted by atomic mass is 35.5. The van der Waals surface area contributed by atoms with E-state index in [1.165, 1.54) is 4.98 Å². The first-order chi connectivity index (χ1) is 8.63. The number of alkyl halides is 5. The van der Waals surface area contributed by atoms with E-state index < -0.39 is 29.1 Å². The second-order valence-corrected chi connectivity index (χ2v) is 3.95. The highest BCUT2D eigenvalue weighted by Gasteiger charge is 2.61. The SMILES string of the molecule is O=c1[nH]c(C(F)(F)C(F)(F)F)nc2ncc(Cl)cc12. The van der Waals surface area contributed by atoms with Gasteiger partial charge in [0.05, 0.1) is 10.4 Å². The lowest BCUT2D eigenvalue weighted by atomic mass is 10.2. The molecule has 0 aliphatic carbocycles. The third-order valence-corrected chi connectivity index (χ3v) is 2.39. The van der Waals surface area contributed by atoms with E-state index in [1.807, 2.05) is 0 Å². The molecule has 0 aromatic carbocycles. The second-order valence-electron chi connectivity index (χ2n) is 3.51. The lowest BCUT2D eigenvalue weighted by Crippen LogP contribution is -2.37. The van der Waals surface area contributed by atoms with Crippen LogP contribution >= 0.6 is 11.6 Å². The lowest BCUT2D eigenvalue weighted by Gasteiger charge is -2.18. The quantitative estimate of drug-likeness (QED) is 0.824. The molecule has 0 spiro atoms. The molecule has 0 unspecified atom stereocenters. The van der Waals surface area contributed by atoms with Gasteiger partial charge in [-0.1, -0.05) is 11.6 Å². The van der Waals surface area contributed by atoms with Crippen LogP contribution in [0.25, 0.3) is 11.0 Å². The highest BCUT2D eigenvalue weighted by molar-refractivity contribution is 6.31. The molecule has 0 aliphatic heterocycles. The lowest BCUT2D eigenvalue weighted by molar-refractivity contribution is -0.292. The van der Waals surface area contributed by atoms with Crippen LogP contribution in [0.3, 0.4) is 0 Å². The molecule has 0 saturated heterocycles. The van der Waals surface area contributed by atoms with Crippen molar-refractivity contribution in [3.8, 4) is 0 Å². The van der Waals surface area contributed by atoms with Gasteiger partial charge in [0.25, 0.3) is 5.56 Å². The normalized spacial score (nSPS) is 12.9.